The summed E-state index contributed by atoms with van der Waals surface area (Å²) in [6.45, 7) is 2.89. The van der Waals surface area contributed by atoms with Gasteiger partial charge < -0.3 is 10.1 Å². The van der Waals surface area contributed by atoms with Crippen molar-refractivity contribution in [2.75, 3.05) is 18.5 Å². The average Bonchev–Trinajstić information content (AvgIpc) is 3.00. The van der Waals surface area contributed by atoms with Gasteiger partial charge in [0.05, 0.1) is 17.8 Å². The molecule has 0 fully saturated rings. The third-order valence-corrected chi connectivity index (χ3v) is 3.56. The largest absolute Gasteiger partial charge is 0.461 e. The van der Waals surface area contributed by atoms with Crippen molar-refractivity contribution in [3.63, 3.8) is 0 Å². The summed E-state index contributed by atoms with van der Waals surface area (Å²) in [6.07, 6.45) is 0.845. The Morgan fingerprint density at radius 2 is 2.39 bits per heavy atom. The maximum atomic E-state index is 11.4. The quantitative estimate of drug-likeness (QED) is 0.825. The van der Waals surface area contributed by atoms with Gasteiger partial charge in [0.15, 0.2) is 10.8 Å². The number of nitrogens with one attached hydrogen (secondary N) is 1. The van der Waals surface area contributed by atoms with Gasteiger partial charge in [-0.1, -0.05) is 0 Å². The second-order valence-electron chi connectivity index (χ2n) is 3.41. The Bertz CT molecular complexity index is 496. The minimum absolute atomic E-state index is 0.359. The van der Waals surface area contributed by atoms with E-state index in [-0.39, 0.29) is 5.97 Å². The van der Waals surface area contributed by atoms with E-state index in [1.165, 1.54) is 11.3 Å². The van der Waals surface area contributed by atoms with Crippen molar-refractivity contribution < 1.29 is 9.53 Å². The minimum Gasteiger partial charge on any atom is -0.461 e. The molecule has 0 spiro atoms. The fourth-order valence-corrected chi connectivity index (χ4v) is 2.61. The summed E-state index contributed by atoms with van der Waals surface area (Å²) in [5.41, 5.74) is 3.24. The van der Waals surface area contributed by atoms with Gasteiger partial charge in [-0.3, -0.25) is 0 Å². The number of aromatic nitrogens is 2. The lowest BCUT2D eigenvalue weighted by Crippen LogP contribution is -2.07. The lowest BCUT2D eigenvalue weighted by Gasteiger charge is -2.00. The smallest absolute Gasteiger partial charge is 0.357 e. The van der Waals surface area contributed by atoms with Crippen molar-refractivity contribution in [3.8, 4) is 0 Å². The van der Waals surface area contributed by atoms with Crippen LogP contribution in [-0.2, 0) is 11.2 Å². The number of nitrogens with zero attached hydrogens (tertiary/aromatic N) is 2. The van der Waals surface area contributed by atoms with E-state index >= 15 is 0 Å². The van der Waals surface area contributed by atoms with Gasteiger partial charge >= 0.3 is 5.97 Å². The molecule has 0 aliphatic rings. The molecule has 0 saturated heterocycles. The van der Waals surface area contributed by atoms with Crippen molar-refractivity contribution in [1.29, 1.82) is 0 Å². The summed E-state index contributed by atoms with van der Waals surface area (Å²) >= 11 is 2.99. The van der Waals surface area contributed by atoms with Gasteiger partial charge in [-0.25, -0.2) is 14.8 Å². The molecule has 0 saturated carbocycles. The SMILES string of the molecule is CCOC(=O)c1csc(NCCc2cscn2)n1. The van der Waals surface area contributed by atoms with Crippen LogP contribution in [0.5, 0.6) is 0 Å². The number of anilines is 1. The normalized spacial score (nSPS) is 10.3. The molecule has 0 atom stereocenters. The zero-order chi connectivity index (χ0) is 12.8. The number of ether oxygens (including phenoxy) is 1. The van der Waals surface area contributed by atoms with E-state index in [2.05, 4.69) is 15.3 Å². The Labute approximate surface area is 113 Å². The molecule has 18 heavy (non-hydrogen) atoms. The molecule has 5 nitrogen and oxygen atoms in total. The number of rotatable bonds is 6. The molecule has 2 rings (SSSR count). The molecule has 0 aromatic carbocycles. The first-order valence-corrected chi connectivity index (χ1v) is 7.35. The molecule has 2 aromatic rings. The van der Waals surface area contributed by atoms with E-state index in [1.54, 1.807) is 23.6 Å². The maximum absolute atomic E-state index is 11.4. The van der Waals surface area contributed by atoms with Crippen molar-refractivity contribution in [1.82, 2.24) is 9.97 Å². The Balaban J connectivity index is 1.81. The molecule has 0 aliphatic heterocycles. The van der Waals surface area contributed by atoms with Crippen LogP contribution in [0.1, 0.15) is 23.1 Å². The Hall–Kier alpha value is -1.47. The lowest BCUT2D eigenvalue weighted by molar-refractivity contribution is 0.0520. The predicted molar refractivity (Wildman–Crippen MR) is 72.4 cm³/mol. The van der Waals surface area contributed by atoms with Gasteiger partial charge in [0.2, 0.25) is 0 Å². The highest BCUT2D eigenvalue weighted by atomic mass is 32.1. The van der Waals surface area contributed by atoms with Crippen LogP contribution < -0.4 is 5.32 Å². The van der Waals surface area contributed by atoms with E-state index in [0.29, 0.717) is 12.3 Å². The van der Waals surface area contributed by atoms with Crippen molar-refractivity contribution in [3.05, 3.63) is 27.7 Å². The maximum Gasteiger partial charge on any atom is 0.357 e. The van der Waals surface area contributed by atoms with E-state index < -0.39 is 0 Å². The fourth-order valence-electron chi connectivity index (χ4n) is 1.31. The Morgan fingerprint density at radius 3 is 3.11 bits per heavy atom. The first-order chi connectivity index (χ1) is 8.79. The minimum atomic E-state index is -0.374. The van der Waals surface area contributed by atoms with E-state index in [4.69, 9.17) is 4.74 Å². The summed E-state index contributed by atoms with van der Waals surface area (Å²) in [4.78, 5) is 19.8. The topological polar surface area (TPSA) is 64.1 Å². The van der Waals surface area contributed by atoms with E-state index in [0.717, 1.165) is 23.8 Å². The third kappa shape index (κ3) is 3.51. The summed E-state index contributed by atoms with van der Waals surface area (Å²) in [5, 5.41) is 7.61. The van der Waals surface area contributed by atoms with Gasteiger partial charge in [-0.05, 0) is 6.92 Å². The van der Waals surface area contributed by atoms with Crippen LogP contribution in [0.25, 0.3) is 0 Å². The summed E-state index contributed by atoms with van der Waals surface area (Å²) < 4.78 is 4.87. The van der Waals surface area contributed by atoms with Crippen LogP contribution in [0.2, 0.25) is 0 Å². The Kier molecular flexibility index (Phi) is 4.66. The third-order valence-electron chi connectivity index (χ3n) is 2.13. The molecule has 0 amide bonds. The van der Waals surface area contributed by atoms with Crippen molar-refractivity contribution in [2.24, 2.45) is 0 Å². The molecular formula is C11H13N3O2S2. The van der Waals surface area contributed by atoms with Crippen LogP contribution in [0, 0.1) is 0 Å². The molecule has 2 aromatic heterocycles. The van der Waals surface area contributed by atoms with Gasteiger partial charge in [0.25, 0.3) is 0 Å². The van der Waals surface area contributed by atoms with Gasteiger partial charge in [-0.15, -0.1) is 22.7 Å². The van der Waals surface area contributed by atoms with Crippen molar-refractivity contribution >= 4 is 33.8 Å². The van der Waals surface area contributed by atoms with Crippen LogP contribution in [0.15, 0.2) is 16.3 Å². The average molecular weight is 283 g/mol. The summed E-state index contributed by atoms with van der Waals surface area (Å²) in [6, 6.07) is 0. The van der Waals surface area contributed by atoms with Crippen LogP contribution in [0.4, 0.5) is 5.13 Å². The number of esters is 1. The van der Waals surface area contributed by atoms with Gasteiger partial charge in [-0.2, -0.15) is 0 Å². The standard InChI is InChI=1S/C11H13N3O2S2/c1-2-16-10(15)9-6-18-11(14-9)12-4-3-8-5-17-7-13-8/h5-7H,2-4H2,1H3,(H,12,14). The second kappa shape index (κ2) is 6.46. The Morgan fingerprint density at radius 1 is 1.50 bits per heavy atom. The molecule has 0 unspecified atom stereocenters. The molecule has 0 bridgehead atoms. The highest BCUT2D eigenvalue weighted by Crippen LogP contribution is 2.16. The molecule has 0 aliphatic carbocycles. The number of hydrogen-bond acceptors (Lipinski definition) is 7. The number of carbonyl (C=O) groups excluding carboxylic acids is 1. The summed E-state index contributed by atoms with van der Waals surface area (Å²) in [7, 11) is 0. The first kappa shape index (κ1) is 13.0. The molecule has 0 radical (unpaired) electrons. The number of hydrogen-bond donors (Lipinski definition) is 1. The molecular weight excluding hydrogens is 270 g/mol. The van der Waals surface area contributed by atoms with Crippen LogP contribution in [0.3, 0.4) is 0 Å². The number of carbonyl (C=O) groups is 1. The molecule has 2 heterocycles. The highest BCUT2D eigenvalue weighted by molar-refractivity contribution is 7.13. The van der Waals surface area contributed by atoms with Gasteiger partial charge in [0, 0.05) is 23.7 Å². The molecule has 96 valence electrons. The van der Waals surface area contributed by atoms with Crippen LogP contribution >= 0.6 is 22.7 Å². The zero-order valence-electron chi connectivity index (χ0n) is 9.88. The molecule has 7 heteroatoms. The van der Waals surface area contributed by atoms with E-state index in [9.17, 15) is 4.79 Å². The fraction of sp³-hybridized carbons (Fsp3) is 0.364. The first-order valence-electron chi connectivity index (χ1n) is 5.53. The zero-order valence-corrected chi connectivity index (χ0v) is 11.5. The van der Waals surface area contributed by atoms with Crippen molar-refractivity contribution in [2.45, 2.75) is 13.3 Å². The van der Waals surface area contributed by atoms with E-state index in [1.807, 2.05) is 10.9 Å². The number of thiazole rings is 2. The van der Waals surface area contributed by atoms with Crippen LogP contribution in [-0.4, -0.2) is 29.1 Å². The lowest BCUT2D eigenvalue weighted by atomic mass is 10.3. The summed E-state index contributed by atoms with van der Waals surface area (Å²) in [5.74, 6) is -0.374. The highest BCUT2D eigenvalue weighted by Gasteiger charge is 2.11. The monoisotopic (exact) mass is 283 g/mol. The second-order valence-corrected chi connectivity index (χ2v) is 4.99. The van der Waals surface area contributed by atoms with Gasteiger partial charge in [0.1, 0.15) is 0 Å². The molecule has 1 N–H and O–H groups in total. The predicted octanol–water partition coefficient (Wildman–Crippen LogP) is 2.43.